The van der Waals surface area contributed by atoms with E-state index in [1.165, 1.54) is 0 Å². The molecule has 0 bridgehead atoms. The highest BCUT2D eigenvalue weighted by molar-refractivity contribution is 5.77. The van der Waals surface area contributed by atoms with E-state index in [4.69, 9.17) is 5.73 Å². The summed E-state index contributed by atoms with van der Waals surface area (Å²) in [5, 5.41) is 0. The van der Waals surface area contributed by atoms with Crippen LogP contribution in [-0.2, 0) is 9.53 Å². The Morgan fingerprint density at radius 1 is 1.67 bits per heavy atom. The number of carbonyl (C=O) groups excluding carboxylic acids is 1. The number of rotatable bonds is 0. The van der Waals surface area contributed by atoms with Gasteiger partial charge in [0.05, 0.1) is 6.61 Å². The predicted molar refractivity (Wildman–Crippen MR) is 34.9 cm³/mol. The summed E-state index contributed by atoms with van der Waals surface area (Å²) >= 11 is 0. The molecule has 1 fully saturated rings. The number of hydrogen-bond donors (Lipinski definition) is 1. The molecule has 0 unspecified atom stereocenters. The lowest BCUT2D eigenvalue weighted by molar-refractivity contribution is -0.139. The first-order valence-electron chi connectivity index (χ1n) is 3.23. The molecule has 1 aliphatic heterocycles. The number of carbonyl (C=O) groups is 1. The zero-order valence-electron chi connectivity index (χ0n) is 5.89. The van der Waals surface area contributed by atoms with E-state index in [1.807, 2.05) is 13.8 Å². The number of ether oxygens (including phenoxy) is 1. The van der Waals surface area contributed by atoms with Gasteiger partial charge in [0.15, 0.2) is 0 Å². The fourth-order valence-corrected chi connectivity index (χ4v) is 0.511. The molecule has 1 rings (SSSR count). The van der Waals surface area contributed by atoms with Gasteiger partial charge in [-0.15, -0.1) is 0 Å². The summed E-state index contributed by atoms with van der Waals surface area (Å²) in [5.74, 6) is -0.264. The molecule has 0 spiro atoms. The lowest BCUT2D eigenvalue weighted by atomic mass is 10.3. The average Bonchev–Trinajstić information content (AvgIpc) is 2.23. The SMILES string of the molecule is CC.N[C@H]1CCOC1=O. The molecule has 1 atom stereocenters. The van der Waals surface area contributed by atoms with Crippen LogP contribution in [0.4, 0.5) is 0 Å². The Morgan fingerprint density at radius 3 is 2.33 bits per heavy atom. The van der Waals surface area contributed by atoms with Gasteiger partial charge in [0.1, 0.15) is 6.04 Å². The van der Waals surface area contributed by atoms with Gasteiger partial charge in [0, 0.05) is 6.42 Å². The summed E-state index contributed by atoms with van der Waals surface area (Å²) in [5.41, 5.74) is 5.20. The van der Waals surface area contributed by atoms with Crippen molar-refractivity contribution in [1.29, 1.82) is 0 Å². The maximum absolute atomic E-state index is 10.2. The van der Waals surface area contributed by atoms with Gasteiger partial charge in [-0.2, -0.15) is 0 Å². The summed E-state index contributed by atoms with van der Waals surface area (Å²) in [7, 11) is 0. The fourth-order valence-electron chi connectivity index (χ4n) is 0.511. The number of nitrogens with two attached hydrogens (primary N) is 1. The van der Waals surface area contributed by atoms with Gasteiger partial charge in [-0.25, -0.2) is 0 Å². The van der Waals surface area contributed by atoms with E-state index >= 15 is 0 Å². The molecule has 0 saturated carbocycles. The van der Waals surface area contributed by atoms with E-state index in [-0.39, 0.29) is 12.0 Å². The number of hydrogen-bond acceptors (Lipinski definition) is 3. The first kappa shape index (κ1) is 8.43. The Morgan fingerprint density at radius 2 is 2.22 bits per heavy atom. The summed E-state index contributed by atoms with van der Waals surface area (Å²) in [6.07, 6.45) is 0.679. The zero-order chi connectivity index (χ0) is 7.28. The lowest BCUT2D eigenvalue weighted by Crippen LogP contribution is -2.24. The maximum Gasteiger partial charge on any atom is 0.323 e. The van der Waals surface area contributed by atoms with E-state index in [0.29, 0.717) is 13.0 Å². The van der Waals surface area contributed by atoms with Gasteiger partial charge in [0.25, 0.3) is 0 Å². The van der Waals surface area contributed by atoms with E-state index in [1.54, 1.807) is 0 Å². The summed E-state index contributed by atoms with van der Waals surface area (Å²) in [4.78, 5) is 10.2. The van der Waals surface area contributed by atoms with Gasteiger partial charge < -0.3 is 10.5 Å². The van der Waals surface area contributed by atoms with Crippen LogP contribution >= 0.6 is 0 Å². The number of esters is 1. The van der Waals surface area contributed by atoms with Crippen molar-refractivity contribution in [1.82, 2.24) is 0 Å². The summed E-state index contributed by atoms with van der Waals surface area (Å²) in [6.45, 7) is 4.50. The van der Waals surface area contributed by atoms with Crippen molar-refractivity contribution in [2.75, 3.05) is 6.61 Å². The second kappa shape index (κ2) is 4.32. The molecule has 0 aromatic carbocycles. The van der Waals surface area contributed by atoms with Gasteiger partial charge >= 0.3 is 5.97 Å². The third-order valence-corrected chi connectivity index (χ3v) is 0.976. The molecule has 3 heteroatoms. The molecule has 9 heavy (non-hydrogen) atoms. The molecular formula is C6H13NO2. The first-order valence-corrected chi connectivity index (χ1v) is 3.23. The third kappa shape index (κ3) is 2.46. The van der Waals surface area contributed by atoms with Crippen LogP contribution in [0.1, 0.15) is 20.3 Å². The predicted octanol–water partition coefficient (Wildman–Crippen LogP) is 0.287. The highest BCUT2D eigenvalue weighted by Gasteiger charge is 2.20. The molecule has 0 aromatic rings. The van der Waals surface area contributed by atoms with Gasteiger partial charge in [-0.1, -0.05) is 13.8 Å². The van der Waals surface area contributed by atoms with Crippen molar-refractivity contribution in [3.63, 3.8) is 0 Å². The van der Waals surface area contributed by atoms with Gasteiger partial charge in [-0.3, -0.25) is 4.79 Å². The van der Waals surface area contributed by atoms with Crippen molar-refractivity contribution in [2.24, 2.45) is 5.73 Å². The van der Waals surface area contributed by atoms with Crippen LogP contribution in [0.2, 0.25) is 0 Å². The van der Waals surface area contributed by atoms with E-state index < -0.39 is 0 Å². The van der Waals surface area contributed by atoms with Crippen molar-refractivity contribution >= 4 is 5.97 Å². The first-order chi connectivity index (χ1) is 4.30. The van der Waals surface area contributed by atoms with Crippen LogP contribution in [0.5, 0.6) is 0 Å². The Balaban J connectivity index is 0.000000291. The van der Waals surface area contributed by atoms with Crippen LogP contribution in [0.15, 0.2) is 0 Å². The molecule has 0 amide bonds. The van der Waals surface area contributed by atoms with Crippen LogP contribution in [-0.4, -0.2) is 18.6 Å². The molecule has 0 radical (unpaired) electrons. The molecule has 1 saturated heterocycles. The number of cyclic esters (lactones) is 1. The largest absolute Gasteiger partial charge is 0.464 e. The Hall–Kier alpha value is -0.570. The topological polar surface area (TPSA) is 52.3 Å². The summed E-state index contributed by atoms with van der Waals surface area (Å²) < 4.78 is 4.50. The minimum Gasteiger partial charge on any atom is -0.464 e. The molecule has 0 aromatic heterocycles. The maximum atomic E-state index is 10.2. The van der Waals surface area contributed by atoms with Crippen molar-refractivity contribution in [3.8, 4) is 0 Å². The van der Waals surface area contributed by atoms with Crippen molar-refractivity contribution in [3.05, 3.63) is 0 Å². The molecule has 2 N–H and O–H groups in total. The van der Waals surface area contributed by atoms with Gasteiger partial charge in [0.2, 0.25) is 0 Å². The second-order valence-electron chi connectivity index (χ2n) is 1.56. The molecule has 0 aliphatic carbocycles. The molecule has 54 valence electrons. The van der Waals surface area contributed by atoms with Crippen LogP contribution in [0.3, 0.4) is 0 Å². The van der Waals surface area contributed by atoms with Crippen molar-refractivity contribution in [2.45, 2.75) is 26.3 Å². The highest BCUT2D eigenvalue weighted by atomic mass is 16.5. The average molecular weight is 131 g/mol. The minimum atomic E-state index is -0.347. The Kier molecular flexibility index (Phi) is 4.05. The minimum absolute atomic E-state index is 0.264. The quantitative estimate of drug-likeness (QED) is 0.480. The molecule has 3 nitrogen and oxygen atoms in total. The van der Waals surface area contributed by atoms with Crippen LogP contribution < -0.4 is 5.73 Å². The Labute approximate surface area is 55.2 Å². The Bertz CT molecular complexity index is 93.1. The summed E-state index contributed by atoms with van der Waals surface area (Å²) in [6, 6.07) is -0.347. The standard InChI is InChI=1S/C4H7NO2.C2H6/c5-3-1-2-7-4(3)6;1-2/h3H,1-2,5H2;1-2H3/t3-;/m0./s1. The smallest absolute Gasteiger partial charge is 0.323 e. The molecule has 1 heterocycles. The highest BCUT2D eigenvalue weighted by Crippen LogP contribution is 2.00. The van der Waals surface area contributed by atoms with Gasteiger partial charge in [-0.05, 0) is 0 Å². The second-order valence-corrected chi connectivity index (χ2v) is 1.56. The fraction of sp³-hybridized carbons (Fsp3) is 0.833. The monoisotopic (exact) mass is 131 g/mol. The lowest BCUT2D eigenvalue weighted by Gasteiger charge is -1.89. The van der Waals surface area contributed by atoms with E-state index in [2.05, 4.69) is 4.74 Å². The van der Waals surface area contributed by atoms with E-state index in [9.17, 15) is 4.79 Å². The van der Waals surface area contributed by atoms with E-state index in [0.717, 1.165) is 0 Å². The zero-order valence-corrected chi connectivity index (χ0v) is 5.89. The van der Waals surface area contributed by atoms with Crippen molar-refractivity contribution < 1.29 is 9.53 Å². The normalized spacial score (nSPS) is 24.3. The third-order valence-electron chi connectivity index (χ3n) is 0.976. The molecular weight excluding hydrogens is 118 g/mol. The molecule has 1 aliphatic rings. The van der Waals surface area contributed by atoms with Crippen LogP contribution in [0, 0.1) is 0 Å². The van der Waals surface area contributed by atoms with Crippen LogP contribution in [0.25, 0.3) is 0 Å².